The number of nitrogens with zero attached hydrogens (tertiary/aromatic N) is 1. The fourth-order valence-electron chi connectivity index (χ4n) is 2.43. The molecule has 0 saturated heterocycles. The fraction of sp³-hybridized carbons (Fsp3) is 0.923. The van der Waals surface area contributed by atoms with Gasteiger partial charge in [0.1, 0.15) is 0 Å². The average Bonchev–Trinajstić information content (AvgIpc) is 2.30. The van der Waals surface area contributed by atoms with Crippen molar-refractivity contribution in [1.29, 1.82) is 5.26 Å². The second-order valence-corrected chi connectivity index (χ2v) is 6.78. The molecule has 1 saturated carbocycles. The standard InChI is InChI=1S/C13H23NS/c1-12(11-14)7-4-5-9-13(2,15-3)10-6-8-12/h4-10H2,1-3H3/t12?,13-/m0/s1. The van der Waals surface area contributed by atoms with Crippen molar-refractivity contribution in [1.82, 2.24) is 0 Å². The van der Waals surface area contributed by atoms with Crippen molar-refractivity contribution < 1.29 is 0 Å². The molecule has 1 aliphatic rings. The highest BCUT2D eigenvalue weighted by molar-refractivity contribution is 7.99. The minimum Gasteiger partial charge on any atom is -0.198 e. The number of hydrogen-bond acceptors (Lipinski definition) is 2. The third-order valence-electron chi connectivity index (χ3n) is 3.88. The molecule has 1 aliphatic carbocycles. The number of thioether (sulfide) groups is 1. The van der Waals surface area contributed by atoms with Gasteiger partial charge in [0.25, 0.3) is 0 Å². The van der Waals surface area contributed by atoms with Gasteiger partial charge in [0.2, 0.25) is 0 Å². The Balaban J connectivity index is 2.61. The van der Waals surface area contributed by atoms with Gasteiger partial charge in [-0.25, -0.2) is 0 Å². The van der Waals surface area contributed by atoms with Crippen LogP contribution in [-0.4, -0.2) is 11.0 Å². The minimum atomic E-state index is -0.0519. The van der Waals surface area contributed by atoms with Gasteiger partial charge in [0.05, 0.1) is 11.5 Å². The fourth-order valence-corrected chi connectivity index (χ4v) is 3.13. The largest absolute Gasteiger partial charge is 0.198 e. The average molecular weight is 225 g/mol. The van der Waals surface area contributed by atoms with Crippen molar-refractivity contribution in [3.8, 4) is 6.07 Å². The van der Waals surface area contributed by atoms with E-state index in [2.05, 4.69) is 26.2 Å². The van der Waals surface area contributed by atoms with Crippen molar-refractivity contribution in [3.05, 3.63) is 0 Å². The van der Waals surface area contributed by atoms with E-state index in [1.54, 1.807) is 0 Å². The van der Waals surface area contributed by atoms with Crippen LogP contribution < -0.4 is 0 Å². The van der Waals surface area contributed by atoms with E-state index < -0.39 is 0 Å². The van der Waals surface area contributed by atoms with Gasteiger partial charge in [0, 0.05) is 4.75 Å². The molecule has 2 atom stereocenters. The van der Waals surface area contributed by atoms with Gasteiger partial charge < -0.3 is 0 Å². The molecule has 0 aromatic carbocycles. The van der Waals surface area contributed by atoms with Crippen LogP contribution in [0.4, 0.5) is 0 Å². The Morgan fingerprint density at radius 1 is 1.00 bits per heavy atom. The van der Waals surface area contributed by atoms with Crippen molar-refractivity contribution in [2.24, 2.45) is 5.41 Å². The van der Waals surface area contributed by atoms with E-state index in [4.69, 9.17) is 0 Å². The van der Waals surface area contributed by atoms with E-state index in [-0.39, 0.29) is 5.41 Å². The molecule has 2 heteroatoms. The molecule has 0 amide bonds. The molecule has 0 bridgehead atoms. The Morgan fingerprint density at radius 2 is 1.53 bits per heavy atom. The highest BCUT2D eigenvalue weighted by atomic mass is 32.2. The predicted octanol–water partition coefficient (Wildman–Crippen LogP) is 4.38. The van der Waals surface area contributed by atoms with Crippen LogP contribution in [0.5, 0.6) is 0 Å². The van der Waals surface area contributed by atoms with E-state index in [9.17, 15) is 5.26 Å². The van der Waals surface area contributed by atoms with Gasteiger partial charge in [-0.15, -0.1) is 0 Å². The molecule has 0 aromatic heterocycles. The Bertz CT molecular complexity index is 245. The van der Waals surface area contributed by atoms with Gasteiger partial charge in [-0.3, -0.25) is 0 Å². The molecule has 0 N–H and O–H groups in total. The molecule has 1 unspecified atom stereocenters. The summed E-state index contributed by atoms with van der Waals surface area (Å²) < 4.78 is 0.459. The van der Waals surface area contributed by atoms with Gasteiger partial charge >= 0.3 is 0 Å². The quantitative estimate of drug-likeness (QED) is 0.661. The summed E-state index contributed by atoms with van der Waals surface area (Å²) >= 11 is 2.00. The maximum atomic E-state index is 9.19. The highest BCUT2D eigenvalue weighted by Gasteiger charge is 2.29. The summed E-state index contributed by atoms with van der Waals surface area (Å²) in [7, 11) is 0. The lowest BCUT2D eigenvalue weighted by molar-refractivity contribution is 0.353. The van der Waals surface area contributed by atoms with Crippen LogP contribution in [-0.2, 0) is 0 Å². The van der Waals surface area contributed by atoms with Crippen molar-refractivity contribution in [3.63, 3.8) is 0 Å². The van der Waals surface area contributed by atoms with E-state index in [1.807, 2.05) is 11.8 Å². The predicted molar refractivity (Wildman–Crippen MR) is 68.0 cm³/mol. The Morgan fingerprint density at radius 3 is 2.13 bits per heavy atom. The van der Waals surface area contributed by atoms with E-state index in [1.165, 1.54) is 32.1 Å². The third kappa shape index (κ3) is 3.72. The monoisotopic (exact) mass is 225 g/mol. The van der Waals surface area contributed by atoms with Crippen LogP contribution in [0.2, 0.25) is 0 Å². The van der Waals surface area contributed by atoms with Crippen molar-refractivity contribution in [2.45, 2.75) is 63.5 Å². The lowest BCUT2D eigenvalue weighted by atomic mass is 9.82. The highest BCUT2D eigenvalue weighted by Crippen LogP contribution is 2.39. The summed E-state index contributed by atoms with van der Waals surface area (Å²) in [6, 6.07) is 2.51. The van der Waals surface area contributed by atoms with Gasteiger partial charge in [-0.05, 0) is 38.9 Å². The van der Waals surface area contributed by atoms with Crippen LogP contribution in [0.1, 0.15) is 58.8 Å². The van der Waals surface area contributed by atoms with Crippen LogP contribution in [0.3, 0.4) is 0 Å². The second kappa shape index (κ2) is 5.25. The first-order valence-electron chi connectivity index (χ1n) is 6.00. The molecule has 0 radical (unpaired) electrons. The van der Waals surface area contributed by atoms with Crippen LogP contribution in [0.15, 0.2) is 0 Å². The molecule has 0 aliphatic heterocycles. The van der Waals surface area contributed by atoms with E-state index in [0.717, 1.165) is 12.8 Å². The normalized spacial score (nSPS) is 38.5. The molecular formula is C13H23NS. The zero-order chi connectivity index (χ0) is 11.4. The molecule has 0 heterocycles. The van der Waals surface area contributed by atoms with Gasteiger partial charge in [0.15, 0.2) is 0 Å². The summed E-state index contributed by atoms with van der Waals surface area (Å²) in [5, 5.41) is 9.19. The summed E-state index contributed by atoms with van der Waals surface area (Å²) in [5.41, 5.74) is -0.0519. The molecule has 0 aromatic rings. The molecule has 1 fully saturated rings. The molecular weight excluding hydrogens is 202 g/mol. The third-order valence-corrected chi connectivity index (χ3v) is 5.27. The van der Waals surface area contributed by atoms with Crippen molar-refractivity contribution >= 4 is 11.8 Å². The van der Waals surface area contributed by atoms with Crippen LogP contribution in [0, 0.1) is 16.7 Å². The van der Waals surface area contributed by atoms with Crippen LogP contribution >= 0.6 is 11.8 Å². The van der Waals surface area contributed by atoms with Crippen LogP contribution in [0.25, 0.3) is 0 Å². The maximum absolute atomic E-state index is 9.19. The summed E-state index contributed by atoms with van der Waals surface area (Å²) in [6.07, 6.45) is 10.7. The van der Waals surface area contributed by atoms with Gasteiger partial charge in [-0.1, -0.05) is 26.2 Å². The molecule has 86 valence electrons. The Kier molecular flexibility index (Phi) is 4.52. The lowest BCUT2D eigenvalue weighted by Gasteiger charge is -2.27. The molecule has 1 nitrogen and oxygen atoms in total. The smallest absolute Gasteiger partial charge is 0.0686 e. The summed E-state index contributed by atoms with van der Waals surface area (Å²) in [6.45, 7) is 4.52. The Labute approximate surface area is 98.6 Å². The van der Waals surface area contributed by atoms with E-state index >= 15 is 0 Å². The van der Waals surface area contributed by atoms with Crippen molar-refractivity contribution in [2.75, 3.05) is 6.26 Å². The molecule has 0 spiro atoms. The Hall–Kier alpha value is -0.160. The zero-order valence-corrected chi connectivity index (χ0v) is 11.1. The van der Waals surface area contributed by atoms with E-state index in [0.29, 0.717) is 4.75 Å². The number of rotatable bonds is 1. The summed E-state index contributed by atoms with van der Waals surface area (Å²) in [5.74, 6) is 0. The lowest BCUT2D eigenvalue weighted by Crippen LogP contribution is -2.19. The first-order valence-corrected chi connectivity index (χ1v) is 7.22. The number of hydrogen-bond donors (Lipinski definition) is 0. The molecule has 15 heavy (non-hydrogen) atoms. The molecule has 1 rings (SSSR count). The number of nitriles is 1. The maximum Gasteiger partial charge on any atom is 0.0686 e. The topological polar surface area (TPSA) is 23.8 Å². The summed E-state index contributed by atoms with van der Waals surface area (Å²) in [4.78, 5) is 0. The minimum absolute atomic E-state index is 0.0519. The SMILES string of the molecule is CS[C@@]1(C)CCCCC(C)(C#N)CCC1. The first kappa shape index (κ1) is 12.9. The van der Waals surface area contributed by atoms with Gasteiger partial charge in [-0.2, -0.15) is 17.0 Å². The first-order chi connectivity index (χ1) is 7.04. The zero-order valence-electron chi connectivity index (χ0n) is 10.3. The second-order valence-electron chi connectivity index (χ2n) is 5.39.